The molecular weight excluding hydrogens is 400 g/mol. The van der Waals surface area contributed by atoms with Crippen molar-refractivity contribution < 1.29 is 49.6 Å². The smallest absolute Gasteiger partial charge is 0.335 e. The number of aliphatic hydroxyl groups excluding tert-OH is 5. The van der Waals surface area contributed by atoms with E-state index in [0.717, 1.165) is 16.8 Å². The Hall–Kier alpha value is -2.17. The second kappa shape index (κ2) is 8.29. The van der Waals surface area contributed by atoms with Crippen molar-refractivity contribution in [3.05, 3.63) is 33.1 Å². The van der Waals surface area contributed by atoms with E-state index in [1.165, 1.54) is 0 Å². The fourth-order valence-electron chi connectivity index (χ4n) is 3.10. The van der Waals surface area contributed by atoms with Crippen LogP contribution in [-0.4, -0.2) is 102 Å². The fraction of sp³-hybridized carbons (Fsp3) is 0.667. The van der Waals surface area contributed by atoms with Gasteiger partial charge in [0, 0.05) is 12.3 Å². The molecule has 0 amide bonds. The molecule has 2 aliphatic heterocycles. The average molecular weight is 420 g/mol. The minimum atomic E-state index is -1.89. The van der Waals surface area contributed by atoms with Crippen LogP contribution in [0.25, 0.3) is 0 Å². The number of aliphatic carboxylic acids is 1. The number of aliphatic hydroxyl groups is 5. The van der Waals surface area contributed by atoms with Gasteiger partial charge >= 0.3 is 11.7 Å². The summed E-state index contributed by atoms with van der Waals surface area (Å²) in [5.41, 5.74) is -1.56. The first kappa shape index (κ1) is 21.5. The van der Waals surface area contributed by atoms with Crippen LogP contribution < -0.4 is 11.2 Å². The molecule has 0 aromatic carbocycles. The van der Waals surface area contributed by atoms with Crippen molar-refractivity contribution in [1.82, 2.24) is 9.55 Å². The van der Waals surface area contributed by atoms with Gasteiger partial charge in [-0.3, -0.25) is 14.3 Å². The zero-order valence-electron chi connectivity index (χ0n) is 14.6. The molecule has 29 heavy (non-hydrogen) atoms. The van der Waals surface area contributed by atoms with Gasteiger partial charge in [-0.1, -0.05) is 0 Å². The quantitative estimate of drug-likeness (QED) is 0.238. The van der Waals surface area contributed by atoms with Gasteiger partial charge in [0.05, 0.1) is 6.61 Å². The highest BCUT2D eigenvalue weighted by atomic mass is 16.7. The molecule has 0 radical (unpaired) electrons. The van der Waals surface area contributed by atoms with Crippen LogP contribution >= 0.6 is 0 Å². The Morgan fingerprint density at radius 2 is 1.72 bits per heavy atom. The third-order valence-electron chi connectivity index (χ3n) is 4.70. The first-order valence-electron chi connectivity index (χ1n) is 8.49. The number of carboxylic acids is 1. The van der Waals surface area contributed by atoms with Crippen LogP contribution in [0.3, 0.4) is 0 Å². The predicted octanol–water partition coefficient (Wildman–Crippen LogP) is -4.94. The summed E-state index contributed by atoms with van der Waals surface area (Å²) in [6, 6.07) is 1.01. The van der Waals surface area contributed by atoms with Gasteiger partial charge in [0.1, 0.15) is 36.6 Å². The lowest BCUT2D eigenvalue weighted by molar-refractivity contribution is -0.299. The van der Waals surface area contributed by atoms with Crippen LogP contribution in [0.4, 0.5) is 0 Å². The predicted molar refractivity (Wildman–Crippen MR) is 87.5 cm³/mol. The Balaban J connectivity index is 1.68. The van der Waals surface area contributed by atoms with Gasteiger partial charge in [-0.15, -0.1) is 0 Å². The summed E-state index contributed by atoms with van der Waals surface area (Å²) in [5.74, 6) is -1.60. The van der Waals surface area contributed by atoms with E-state index in [1.807, 2.05) is 4.98 Å². The van der Waals surface area contributed by atoms with E-state index in [0.29, 0.717) is 0 Å². The molecule has 14 heteroatoms. The summed E-state index contributed by atoms with van der Waals surface area (Å²) in [5, 5.41) is 58.6. The maximum Gasteiger partial charge on any atom is 0.335 e. The van der Waals surface area contributed by atoms with Gasteiger partial charge in [0.15, 0.2) is 18.6 Å². The lowest BCUT2D eigenvalue weighted by Gasteiger charge is -2.38. The lowest BCUT2D eigenvalue weighted by Crippen LogP contribution is -2.60. The lowest BCUT2D eigenvalue weighted by atomic mass is 9.99. The number of hydrogen-bond donors (Lipinski definition) is 7. The van der Waals surface area contributed by atoms with Crippen molar-refractivity contribution in [3.8, 4) is 0 Å². The molecule has 2 saturated heterocycles. The standard InChI is InChI=1S/C15H20N2O12/c18-5-1-2-17(15(26)16-5)12-9(22)6(19)4(28-12)3-27-14-10(23)7(20)8(21)11(29-14)13(24)25/h1-2,4,6-12,14,19-23H,3H2,(H,24,25)(H,16,18,26)/t4-,6-,7+,8+,9-,10-,11+,12-,14?/m1/s1. The first-order chi connectivity index (χ1) is 13.6. The number of carboxylic acid groups (broad SMARTS) is 1. The maximum absolute atomic E-state index is 11.8. The number of rotatable bonds is 5. The van der Waals surface area contributed by atoms with Gasteiger partial charge < -0.3 is 44.8 Å². The molecule has 162 valence electrons. The van der Waals surface area contributed by atoms with Crippen molar-refractivity contribution in [2.24, 2.45) is 0 Å². The summed E-state index contributed by atoms with van der Waals surface area (Å²) in [4.78, 5) is 36.0. The minimum Gasteiger partial charge on any atom is -0.479 e. The molecule has 0 saturated carbocycles. The van der Waals surface area contributed by atoms with Crippen molar-refractivity contribution in [3.63, 3.8) is 0 Å². The molecule has 0 spiro atoms. The summed E-state index contributed by atoms with van der Waals surface area (Å²) in [7, 11) is 0. The number of H-pyrrole nitrogens is 1. The molecule has 7 N–H and O–H groups in total. The van der Waals surface area contributed by atoms with Crippen LogP contribution in [0.5, 0.6) is 0 Å². The topological polar surface area (TPSA) is 221 Å². The molecule has 0 aliphatic carbocycles. The molecule has 2 fully saturated rings. The SMILES string of the molecule is O=C(O)[C@H]1OC(OC[C@H]2O[C@@H](n3ccc(=O)[nH]c3=O)[C@H](O)[C@@H]2O)[C@H](O)[C@@H](O)[C@@H]1O. The van der Waals surface area contributed by atoms with Crippen LogP contribution in [0.2, 0.25) is 0 Å². The van der Waals surface area contributed by atoms with Crippen molar-refractivity contribution >= 4 is 5.97 Å². The highest BCUT2D eigenvalue weighted by molar-refractivity contribution is 5.73. The zero-order valence-corrected chi connectivity index (χ0v) is 14.6. The number of aromatic nitrogens is 2. The number of hydrogen-bond acceptors (Lipinski definition) is 11. The van der Waals surface area contributed by atoms with Gasteiger partial charge in [-0.2, -0.15) is 0 Å². The Labute approximate surface area is 161 Å². The zero-order chi connectivity index (χ0) is 21.5. The maximum atomic E-state index is 11.8. The summed E-state index contributed by atoms with van der Waals surface area (Å²) in [6.07, 6.45) is -13.8. The fourth-order valence-corrected chi connectivity index (χ4v) is 3.10. The molecule has 14 nitrogen and oxygen atoms in total. The largest absolute Gasteiger partial charge is 0.479 e. The molecule has 0 bridgehead atoms. The molecule has 3 heterocycles. The number of ether oxygens (including phenoxy) is 3. The van der Waals surface area contributed by atoms with E-state index in [2.05, 4.69) is 0 Å². The number of carbonyl (C=O) groups is 1. The van der Waals surface area contributed by atoms with Crippen LogP contribution in [0.1, 0.15) is 6.23 Å². The van der Waals surface area contributed by atoms with E-state index >= 15 is 0 Å². The van der Waals surface area contributed by atoms with E-state index in [9.17, 15) is 39.9 Å². The van der Waals surface area contributed by atoms with E-state index in [4.69, 9.17) is 19.3 Å². The molecule has 1 unspecified atom stereocenters. The molecule has 1 aromatic rings. The van der Waals surface area contributed by atoms with Crippen molar-refractivity contribution in [2.45, 2.75) is 55.2 Å². The Bertz CT molecular complexity index is 854. The molecule has 3 rings (SSSR count). The van der Waals surface area contributed by atoms with Crippen LogP contribution in [0.15, 0.2) is 21.9 Å². The van der Waals surface area contributed by atoms with Crippen LogP contribution in [-0.2, 0) is 19.0 Å². The minimum absolute atomic E-state index is 0.538. The van der Waals surface area contributed by atoms with Gasteiger partial charge in [-0.05, 0) is 0 Å². The molecule has 2 aliphatic rings. The average Bonchev–Trinajstić information content (AvgIpc) is 2.94. The van der Waals surface area contributed by atoms with E-state index < -0.39 is 79.1 Å². The monoisotopic (exact) mass is 420 g/mol. The summed E-state index contributed by atoms with van der Waals surface area (Å²) < 4.78 is 16.4. The Morgan fingerprint density at radius 1 is 1.03 bits per heavy atom. The highest BCUT2D eigenvalue weighted by Gasteiger charge is 2.49. The Morgan fingerprint density at radius 3 is 2.34 bits per heavy atom. The third kappa shape index (κ3) is 4.10. The highest BCUT2D eigenvalue weighted by Crippen LogP contribution is 2.29. The van der Waals surface area contributed by atoms with Gasteiger partial charge in [-0.25, -0.2) is 9.59 Å². The molecular formula is C15H20N2O12. The molecule has 9 atom stereocenters. The van der Waals surface area contributed by atoms with Crippen molar-refractivity contribution in [1.29, 1.82) is 0 Å². The summed E-state index contributed by atoms with van der Waals surface area (Å²) in [6.45, 7) is -0.538. The van der Waals surface area contributed by atoms with E-state index in [1.54, 1.807) is 0 Å². The number of nitrogens with zero attached hydrogens (tertiary/aromatic N) is 1. The summed E-state index contributed by atoms with van der Waals surface area (Å²) >= 11 is 0. The Kier molecular flexibility index (Phi) is 6.16. The first-order valence-corrected chi connectivity index (χ1v) is 8.49. The van der Waals surface area contributed by atoms with Crippen molar-refractivity contribution in [2.75, 3.05) is 6.61 Å². The van der Waals surface area contributed by atoms with E-state index in [-0.39, 0.29) is 0 Å². The normalized spacial score (nSPS) is 40.1. The second-order valence-electron chi connectivity index (χ2n) is 6.63. The number of nitrogens with one attached hydrogen (secondary N) is 1. The third-order valence-corrected chi connectivity index (χ3v) is 4.70. The molecule has 1 aromatic heterocycles. The second-order valence-corrected chi connectivity index (χ2v) is 6.63. The van der Waals surface area contributed by atoms with Gasteiger partial charge in [0.2, 0.25) is 0 Å². The van der Waals surface area contributed by atoms with Gasteiger partial charge in [0.25, 0.3) is 5.56 Å². The number of aromatic amines is 1. The van der Waals surface area contributed by atoms with Crippen LogP contribution in [0, 0.1) is 0 Å².